The van der Waals surface area contributed by atoms with Crippen LogP contribution in [0.3, 0.4) is 0 Å². The average Bonchev–Trinajstić information content (AvgIpc) is 2.84. The number of rotatable bonds is 5. The van der Waals surface area contributed by atoms with Gasteiger partial charge in [0.05, 0.1) is 26.3 Å². The number of benzene rings is 1. The summed E-state index contributed by atoms with van der Waals surface area (Å²) in [6, 6.07) is 5.56. The molecule has 1 aromatic heterocycles. The van der Waals surface area contributed by atoms with Crippen LogP contribution in [0.4, 0.5) is 11.4 Å². The molecule has 1 N–H and O–H groups in total. The van der Waals surface area contributed by atoms with Crippen molar-refractivity contribution in [2.24, 2.45) is 0 Å². The maximum atomic E-state index is 12.0. The van der Waals surface area contributed by atoms with Crippen LogP contribution in [-0.4, -0.2) is 20.6 Å². The van der Waals surface area contributed by atoms with Gasteiger partial charge in [-0.2, -0.15) is 10.4 Å². The van der Waals surface area contributed by atoms with Crippen molar-refractivity contribution in [2.45, 2.75) is 19.9 Å². The maximum Gasteiger partial charge on any atom is 0.270 e. The fraction of sp³-hybridized carbons (Fsp3) is 0.214. The summed E-state index contributed by atoms with van der Waals surface area (Å²) in [5.74, 6) is -0.306. The number of halogens is 1. The van der Waals surface area contributed by atoms with Crippen molar-refractivity contribution in [3.63, 3.8) is 0 Å². The van der Waals surface area contributed by atoms with Crippen molar-refractivity contribution in [2.75, 3.05) is 5.32 Å². The third-order valence-electron chi connectivity index (χ3n) is 3.06. The molecule has 0 aliphatic heterocycles. The zero-order valence-electron chi connectivity index (χ0n) is 12.1. The van der Waals surface area contributed by atoms with Crippen molar-refractivity contribution in [3.05, 3.63) is 50.2 Å². The van der Waals surface area contributed by atoms with Crippen molar-refractivity contribution in [3.8, 4) is 6.07 Å². The molecule has 2 aromatic rings. The smallest absolute Gasteiger partial charge is 0.270 e. The molecule has 0 spiro atoms. The van der Waals surface area contributed by atoms with E-state index in [1.165, 1.54) is 12.1 Å². The average molecular weight is 378 g/mol. The van der Waals surface area contributed by atoms with Gasteiger partial charge in [0, 0.05) is 31.3 Å². The monoisotopic (exact) mass is 377 g/mol. The Bertz CT molecular complexity index is 790. The van der Waals surface area contributed by atoms with Crippen molar-refractivity contribution in [1.29, 1.82) is 5.26 Å². The van der Waals surface area contributed by atoms with Crippen LogP contribution in [0, 0.1) is 28.4 Å². The molecule has 23 heavy (non-hydrogen) atoms. The number of amides is 1. The third-order valence-corrected chi connectivity index (χ3v) is 3.84. The lowest BCUT2D eigenvalue weighted by Gasteiger charge is -2.07. The SMILES string of the molecule is Cc1nn(CCC(=O)Nc2ccc([N+](=O)[O-])cc2C#N)cc1Br. The molecule has 1 heterocycles. The number of anilines is 1. The van der Waals surface area contributed by atoms with Gasteiger partial charge >= 0.3 is 0 Å². The Kier molecular flexibility index (Phi) is 5.08. The summed E-state index contributed by atoms with van der Waals surface area (Å²) in [7, 11) is 0. The zero-order valence-corrected chi connectivity index (χ0v) is 13.7. The highest BCUT2D eigenvalue weighted by molar-refractivity contribution is 9.10. The van der Waals surface area contributed by atoms with Gasteiger partial charge < -0.3 is 5.32 Å². The Balaban J connectivity index is 2.02. The van der Waals surface area contributed by atoms with E-state index in [4.69, 9.17) is 5.26 Å². The van der Waals surface area contributed by atoms with Crippen LogP contribution in [0.1, 0.15) is 17.7 Å². The van der Waals surface area contributed by atoms with Crippen molar-refractivity contribution in [1.82, 2.24) is 9.78 Å². The molecule has 8 nitrogen and oxygen atoms in total. The standard InChI is InChI=1S/C14H12BrN5O3/c1-9-12(15)8-19(18-9)5-4-14(21)17-13-3-2-11(20(22)23)6-10(13)7-16/h2-3,6,8H,4-5H2,1H3,(H,17,21). The number of nitro benzene ring substituents is 1. The molecule has 0 bridgehead atoms. The second-order valence-electron chi connectivity index (χ2n) is 4.72. The summed E-state index contributed by atoms with van der Waals surface area (Å²) in [5.41, 5.74) is 0.926. The number of nitriles is 1. The first-order chi connectivity index (χ1) is 10.9. The van der Waals surface area contributed by atoms with E-state index in [1.807, 2.05) is 13.0 Å². The van der Waals surface area contributed by atoms with Gasteiger partial charge in [-0.25, -0.2) is 0 Å². The van der Waals surface area contributed by atoms with Crippen LogP contribution in [0.5, 0.6) is 0 Å². The van der Waals surface area contributed by atoms with E-state index < -0.39 is 4.92 Å². The first-order valence-electron chi connectivity index (χ1n) is 6.58. The summed E-state index contributed by atoms with van der Waals surface area (Å²) in [5, 5.41) is 26.5. The van der Waals surface area contributed by atoms with Gasteiger partial charge in [-0.3, -0.25) is 19.6 Å². The molecule has 1 aromatic carbocycles. The third kappa shape index (κ3) is 4.14. The van der Waals surface area contributed by atoms with E-state index in [0.717, 1.165) is 16.2 Å². The van der Waals surface area contributed by atoms with E-state index in [-0.39, 0.29) is 29.3 Å². The quantitative estimate of drug-likeness (QED) is 0.635. The number of nitrogens with one attached hydrogen (secondary N) is 1. The molecule has 0 saturated heterocycles. The lowest BCUT2D eigenvalue weighted by atomic mass is 10.1. The maximum absolute atomic E-state index is 12.0. The van der Waals surface area contributed by atoms with Gasteiger partial charge in [-0.15, -0.1) is 0 Å². The summed E-state index contributed by atoms with van der Waals surface area (Å²) in [6.45, 7) is 2.23. The highest BCUT2D eigenvalue weighted by Crippen LogP contribution is 2.21. The van der Waals surface area contributed by atoms with E-state index in [9.17, 15) is 14.9 Å². The Morgan fingerprint density at radius 2 is 2.30 bits per heavy atom. The lowest BCUT2D eigenvalue weighted by Crippen LogP contribution is -2.15. The van der Waals surface area contributed by atoms with Gasteiger partial charge in [0.25, 0.3) is 5.69 Å². The normalized spacial score (nSPS) is 10.1. The molecule has 0 aliphatic rings. The number of nitro groups is 1. The number of non-ortho nitro benzene ring substituents is 1. The fourth-order valence-corrected chi connectivity index (χ4v) is 2.20. The Morgan fingerprint density at radius 3 is 2.87 bits per heavy atom. The van der Waals surface area contributed by atoms with E-state index in [2.05, 4.69) is 26.3 Å². The minimum Gasteiger partial charge on any atom is -0.325 e. The van der Waals surface area contributed by atoms with Crippen LogP contribution >= 0.6 is 15.9 Å². The Morgan fingerprint density at radius 1 is 1.57 bits per heavy atom. The topological polar surface area (TPSA) is 114 Å². The summed E-state index contributed by atoms with van der Waals surface area (Å²) < 4.78 is 2.50. The number of carbonyl (C=O) groups excluding carboxylic acids is 1. The molecule has 118 valence electrons. The molecular formula is C14H12BrN5O3. The second-order valence-corrected chi connectivity index (χ2v) is 5.58. The van der Waals surface area contributed by atoms with E-state index >= 15 is 0 Å². The Labute approximate surface area is 140 Å². The van der Waals surface area contributed by atoms with Crippen LogP contribution in [0.25, 0.3) is 0 Å². The highest BCUT2D eigenvalue weighted by Gasteiger charge is 2.13. The van der Waals surface area contributed by atoms with Crippen LogP contribution in [0.2, 0.25) is 0 Å². The summed E-state index contributed by atoms with van der Waals surface area (Å²) in [4.78, 5) is 22.1. The zero-order chi connectivity index (χ0) is 17.0. The molecular weight excluding hydrogens is 366 g/mol. The molecule has 0 aliphatic carbocycles. The minimum absolute atomic E-state index is 0.0465. The molecule has 9 heteroatoms. The first-order valence-corrected chi connectivity index (χ1v) is 7.38. The molecule has 2 rings (SSSR count). The Hall–Kier alpha value is -2.73. The van der Waals surface area contributed by atoms with Gasteiger partial charge in [0.15, 0.2) is 0 Å². The van der Waals surface area contributed by atoms with Gasteiger partial charge in [-0.1, -0.05) is 0 Å². The molecule has 0 fully saturated rings. The predicted molar refractivity (Wildman–Crippen MR) is 85.7 cm³/mol. The molecule has 0 saturated carbocycles. The minimum atomic E-state index is -0.593. The van der Waals surface area contributed by atoms with Crippen molar-refractivity contribution >= 4 is 33.2 Å². The van der Waals surface area contributed by atoms with Crippen LogP contribution in [0.15, 0.2) is 28.9 Å². The molecule has 0 unspecified atom stereocenters. The predicted octanol–water partition coefficient (Wildman–Crippen LogP) is 2.76. The van der Waals surface area contributed by atoms with Gasteiger partial charge in [0.1, 0.15) is 6.07 Å². The number of nitrogens with zero attached hydrogens (tertiary/aromatic N) is 4. The van der Waals surface area contributed by atoms with Crippen LogP contribution < -0.4 is 5.32 Å². The molecule has 0 radical (unpaired) electrons. The number of carbonyl (C=O) groups is 1. The molecule has 1 amide bonds. The number of hydrogen-bond donors (Lipinski definition) is 1. The number of hydrogen-bond acceptors (Lipinski definition) is 5. The lowest BCUT2D eigenvalue weighted by molar-refractivity contribution is -0.384. The van der Waals surface area contributed by atoms with Crippen LogP contribution in [-0.2, 0) is 11.3 Å². The largest absolute Gasteiger partial charge is 0.325 e. The summed E-state index contributed by atoms with van der Waals surface area (Å²) in [6.07, 6.45) is 1.94. The first kappa shape index (κ1) is 16.6. The van der Waals surface area contributed by atoms with E-state index in [1.54, 1.807) is 10.9 Å². The van der Waals surface area contributed by atoms with E-state index in [0.29, 0.717) is 6.54 Å². The van der Waals surface area contributed by atoms with Gasteiger partial charge in [-0.05, 0) is 28.9 Å². The number of aryl methyl sites for hydroxylation is 2. The highest BCUT2D eigenvalue weighted by atomic mass is 79.9. The second kappa shape index (κ2) is 7.02. The molecule has 0 atom stereocenters. The fourth-order valence-electron chi connectivity index (χ4n) is 1.88. The van der Waals surface area contributed by atoms with Gasteiger partial charge in [0.2, 0.25) is 5.91 Å². The number of aromatic nitrogens is 2. The summed E-state index contributed by atoms with van der Waals surface area (Å²) >= 11 is 3.34. The van der Waals surface area contributed by atoms with Crippen molar-refractivity contribution < 1.29 is 9.72 Å².